The number of hydrogen-bond donors (Lipinski definition) is 1. The number of fused-ring (bicyclic) bond motifs is 13. The highest BCUT2D eigenvalue weighted by molar-refractivity contribution is 6.37. The molecular weight excluding hydrogens is 378 g/mol. The molecule has 5 heterocycles. The number of para-hydroxylation sites is 1. The Hall–Kier alpha value is -3.38. The molecule has 6 heteroatoms. The van der Waals surface area contributed by atoms with E-state index in [1.165, 1.54) is 5.69 Å². The molecule has 0 saturated carbocycles. The fraction of sp³-hybridized carbons (Fsp3) is 0.250. The van der Waals surface area contributed by atoms with Crippen LogP contribution in [0.25, 0.3) is 38.8 Å². The molecule has 4 aromatic rings. The average molecular weight is 395 g/mol. The quantitative estimate of drug-likeness (QED) is 0.457. The SMILES string of the molecule is O=C1NC(=O)c2c1c1c3c(n4c1c1c2c2ccccc2n1[C@@H]1C[C@H]4CO1)CCC=C3. The smallest absolute Gasteiger partial charge is 0.259 e. The van der Waals surface area contributed by atoms with E-state index in [1.54, 1.807) is 0 Å². The second kappa shape index (κ2) is 4.84. The maximum absolute atomic E-state index is 13.0. The first kappa shape index (κ1) is 15.5. The summed E-state index contributed by atoms with van der Waals surface area (Å²) in [6.45, 7) is 0.667. The Morgan fingerprint density at radius 1 is 1.00 bits per heavy atom. The highest BCUT2D eigenvalue weighted by Gasteiger charge is 2.43. The predicted octanol–water partition coefficient (Wildman–Crippen LogP) is 4.07. The lowest BCUT2D eigenvalue weighted by molar-refractivity contribution is 0.0605. The average Bonchev–Trinajstić information content (AvgIpc) is 3.46. The zero-order valence-electron chi connectivity index (χ0n) is 16.1. The molecule has 30 heavy (non-hydrogen) atoms. The van der Waals surface area contributed by atoms with E-state index >= 15 is 0 Å². The van der Waals surface area contributed by atoms with Crippen molar-refractivity contribution < 1.29 is 14.3 Å². The van der Waals surface area contributed by atoms with E-state index in [9.17, 15) is 9.59 Å². The van der Waals surface area contributed by atoms with E-state index in [0.717, 1.165) is 57.5 Å². The van der Waals surface area contributed by atoms with Crippen molar-refractivity contribution in [3.8, 4) is 0 Å². The number of amides is 2. The molecule has 1 N–H and O–H groups in total. The van der Waals surface area contributed by atoms with Crippen LogP contribution in [-0.4, -0.2) is 27.6 Å². The summed E-state index contributed by atoms with van der Waals surface area (Å²) in [4.78, 5) is 26.1. The molecule has 6 nitrogen and oxygen atoms in total. The fourth-order valence-corrected chi connectivity index (χ4v) is 6.33. The van der Waals surface area contributed by atoms with Crippen LogP contribution in [0.2, 0.25) is 0 Å². The fourth-order valence-electron chi connectivity index (χ4n) is 6.33. The minimum atomic E-state index is -0.295. The van der Waals surface area contributed by atoms with Gasteiger partial charge in [-0.05, 0) is 18.9 Å². The van der Waals surface area contributed by atoms with E-state index in [0.29, 0.717) is 17.7 Å². The number of nitrogens with zero attached hydrogens (tertiary/aromatic N) is 2. The van der Waals surface area contributed by atoms with Crippen molar-refractivity contribution in [2.24, 2.45) is 0 Å². The molecule has 1 saturated heterocycles. The molecule has 2 atom stereocenters. The first-order chi connectivity index (χ1) is 14.7. The van der Waals surface area contributed by atoms with Gasteiger partial charge in [-0.25, -0.2) is 0 Å². The summed E-state index contributed by atoms with van der Waals surface area (Å²) < 4.78 is 11.0. The number of imide groups is 1. The van der Waals surface area contributed by atoms with Gasteiger partial charge in [-0.1, -0.05) is 30.4 Å². The second-order valence-corrected chi connectivity index (χ2v) is 8.72. The van der Waals surface area contributed by atoms with Crippen molar-refractivity contribution in [3.63, 3.8) is 0 Å². The molecule has 2 amide bonds. The Kier molecular flexibility index (Phi) is 2.50. The van der Waals surface area contributed by atoms with Crippen LogP contribution >= 0.6 is 0 Å². The molecular formula is C24H17N3O3. The van der Waals surface area contributed by atoms with Crippen molar-refractivity contribution in [2.75, 3.05) is 6.61 Å². The van der Waals surface area contributed by atoms with Gasteiger partial charge in [0.05, 0.1) is 40.3 Å². The zero-order chi connectivity index (χ0) is 19.7. The molecule has 0 unspecified atom stereocenters. The first-order valence-electron chi connectivity index (χ1n) is 10.5. The number of benzene rings is 2. The summed E-state index contributed by atoms with van der Waals surface area (Å²) in [7, 11) is 0. The molecule has 0 radical (unpaired) electrons. The van der Waals surface area contributed by atoms with Crippen LogP contribution in [-0.2, 0) is 11.2 Å². The summed E-state index contributed by atoms with van der Waals surface area (Å²) >= 11 is 0. The van der Waals surface area contributed by atoms with Gasteiger partial charge in [0, 0.05) is 33.8 Å². The predicted molar refractivity (Wildman–Crippen MR) is 113 cm³/mol. The molecule has 2 aromatic heterocycles. The first-order valence-corrected chi connectivity index (χ1v) is 10.5. The largest absolute Gasteiger partial charge is 0.356 e. The lowest BCUT2D eigenvalue weighted by Gasteiger charge is -2.18. The Labute approximate surface area is 170 Å². The van der Waals surface area contributed by atoms with E-state index in [4.69, 9.17) is 4.74 Å². The molecule has 1 aliphatic carbocycles. The monoisotopic (exact) mass is 395 g/mol. The molecule has 4 aliphatic rings. The van der Waals surface area contributed by atoms with Gasteiger partial charge < -0.3 is 13.9 Å². The third-order valence-electron chi connectivity index (χ3n) is 7.36. The van der Waals surface area contributed by atoms with Crippen LogP contribution in [0.4, 0.5) is 0 Å². The standard InChI is InChI=1S/C24H17N3O3/c28-23-19-17-12-5-1-3-7-14(12)26-11-9-16(30-10-11)27-15-8-4-2-6-13(15)18(22(27)21(17)26)20(19)24(29)25-23/h1-2,4-6,8,11,16H,3,7,9-10H2,(H,25,28,29)/t11-,16-/m0/s1. The van der Waals surface area contributed by atoms with Crippen molar-refractivity contribution >= 4 is 50.6 Å². The van der Waals surface area contributed by atoms with Crippen molar-refractivity contribution in [1.29, 1.82) is 0 Å². The zero-order valence-corrected chi connectivity index (χ0v) is 16.1. The number of carbonyl (C=O) groups is 2. The molecule has 3 aliphatic heterocycles. The van der Waals surface area contributed by atoms with Crippen molar-refractivity contribution in [2.45, 2.75) is 31.5 Å². The van der Waals surface area contributed by atoms with Gasteiger partial charge in [0.15, 0.2) is 0 Å². The van der Waals surface area contributed by atoms with E-state index in [1.807, 2.05) is 12.1 Å². The summed E-state index contributed by atoms with van der Waals surface area (Å²) in [6.07, 6.45) is 7.07. The third-order valence-corrected chi connectivity index (χ3v) is 7.36. The molecule has 0 spiro atoms. The highest BCUT2D eigenvalue weighted by atomic mass is 16.5. The van der Waals surface area contributed by atoms with Gasteiger partial charge in [-0.2, -0.15) is 0 Å². The van der Waals surface area contributed by atoms with E-state index in [2.05, 4.69) is 38.7 Å². The second-order valence-electron chi connectivity index (χ2n) is 8.72. The van der Waals surface area contributed by atoms with Gasteiger partial charge in [-0.15, -0.1) is 0 Å². The summed E-state index contributed by atoms with van der Waals surface area (Å²) in [5, 5.41) is 5.40. The molecule has 146 valence electrons. The lowest BCUT2D eigenvalue weighted by Crippen LogP contribution is -2.20. The molecule has 1 fully saturated rings. The summed E-state index contributed by atoms with van der Waals surface area (Å²) in [5.41, 5.74) is 6.62. The van der Waals surface area contributed by atoms with Gasteiger partial charge in [-0.3, -0.25) is 14.9 Å². The lowest BCUT2D eigenvalue weighted by atomic mass is 9.94. The van der Waals surface area contributed by atoms with Crippen molar-refractivity contribution in [1.82, 2.24) is 14.5 Å². The van der Waals surface area contributed by atoms with Gasteiger partial charge in [0.2, 0.25) is 0 Å². The molecule has 2 bridgehead atoms. The van der Waals surface area contributed by atoms with Crippen LogP contribution in [0.1, 0.15) is 57.1 Å². The Morgan fingerprint density at radius 3 is 2.70 bits per heavy atom. The number of ether oxygens (including phenoxy) is 1. The summed E-state index contributed by atoms with van der Waals surface area (Å²) in [6, 6.07) is 8.41. The number of allylic oxidation sites excluding steroid dienone is 1. The number of nitrogens with one attached hydrogen (secondary N) is 1. The maximum Gasteiger partial charge on any atom is 0.259 e. The summed E-state index contributed by atoms with van der Waals surface area (Å²) in [5.74, 6) is -0.574. The number of carbonyl (C=O) groups excluding carboxylic acids is 2. The van der Waals surface area contributed by atoms with Gasteiger partial charge >= 0.3 is 0 Å². The Morgan fingerprint density at radius 2 is 1.80 bits per heavy atom. The van der Waals surface area contributed by atoms with Crippen LogP contribution in [0.5, 0.6) is 0 Å². The molecule has 8 rings (SSSR count). The van der Waals surface area contributed by atoms with Crippen LogP contribution in [0.3, 0.4) is 0 Å². The van der Waals surface area contributed by atoms with E-state index < -0.39 is 0 Å². The normalized spacial score (nSPS) is 23.6. The van der Waals surface area contributed by atoms with Crippen LogP contribution in [0, 0.1) is 0 Å². The number of aromatic nitrogens is 2. The highest BCUT2D eigenvalue weighted by Crippen LogP contribution is 2.51. The van der Waals surface area contributed by atoms with E-state index in [-0.39, 0.29) is 24.1 Å². The maximum atomic E-state index is 13.0. The minimum Gasteiger partial charge on any atom is -0.356 e. The Balaban J connectivity index is 1.78. The number of rotatable bonds is 0. The topological polar surface area (TPSA) is 65.3 Å². The van der Waals surface area contributed by atoms with Crippen LogP contribution in [0.15, 0.2) is 30.3 Å². The molecule has 2 aromatic carbocycles. The van der Waals surface area contributed by atoms with Gasteiger partial charge in [0.1, 0.15) is 6.23 Å². The number of hydrogen-bond acceptors (Lipinski definition) is 3. The Bertz CT molecular complexity index is 1550. The van der Waals surface area contributed by atoms with Gasteiger partial charge in [0.25, 0.3) is 11.8 Å². The van der Waals surface area contributed by atoms with Crippen molar-refractivity contribution in [3.05, 3.63) is 52.7 Å². The van der Waals surface area contributed by atoms with Crippen LogP contribution < -0.4 is 5.32 Å². The third kappa shape index (κ3) is 1.50. The minimum absolute atomic E-state index is 0.0616.